The fraction of sp³-hybridized carbons (Fsp3) is 0.316. The first-order valence-corrected chi connectivity index (χ1v) is 7.95. The van der Waals surface area contributed by atoms with Crippen molar-refractivity contribution in [2.45, 2.75) is 26.9 Å². The summed E-state index contributed by atoms with van der Waals surface area (Å²) < 4.78 is 11.2. The van der Waals surface area contributed by atoms with Crippen LogP contribution in [0.15, 0.2) is 36.4 Å². The Morgan fingerprint density at radius 3 is 2.58 bits per heavy atom. The van der Waals surface area contributed by atoms with Crippen LogP contribution in [-0.2, 0) is 13.0 Å². The molecule has 5 nitrogen and oxygen atoms in total. The van der Waals surface area contributed by atoms with Crippen LogP contribution in [0.25, 0.3) is 0 Å². The largest absolute Gasteiger partial charge is 0.497 e. The van der Waals surface area contributed by atoms with E-state index < -0.39 is 0 Å². The fourth-order valence-electron chi connectivity index (χ4n) is 2.36. The van der Waals surface area contributed by atoms with E-state index >= 15 is 0 Å². The van der Waals surface area contributed by atoms with Gasteiger partial charge < -0.3 is 20.1 Å². The lowest BCUT2D eigenvalue weighted by Gasteiger charge is -2.15. The molecule has 2 aromatic carbocycles. The highest BCUT2D eigenvalue weighted by molar-refractivity contribution is 5.90. The van der Waals surface area contributed by atoms with Gasteiger partial charge in [-0.05, 0) is 42.7 Å². The molecular weight excluding hydrogens is 304 g/mol. The number of hydrogen-bond donors (Lipinski definition) is 2. The van der Waals surface area contributed by atoms with E-state index in [-0.39, 0.29) is 6.03 Å². The number of amides is 2. The maximum atomic E-state index is 11.6. The quantitative estimate of drug-likeness (QED) is 0.845. The van der Waals surface area contributed by atoms with Crippen LogP contribution in [-0.4, -0.2) is 20.2 Å². The number of carbonyl (C=O) groups is 1. The number of urea groups is 1. The zero-order valence-corrected chi connectivity index (χ0v) is 14.6. The standard InChI is InChI=1S/C19H24N2O3/c1-5-14-6-9-18(13(2)10-14)24-12-15-7-8-16(23-4)11-17(15)21-19(22)20-3/h6-11H,5,12H2,1-4H3,(H2,20,21,22). The molecule has 0 saturated heterocycles. The molecule has 2 N–H and O–H groups in total. The van der Waals surface area contributed by atoms with Crippen LogP contribution in [0.2, 0.25) is 0 Å². The highest BCUT2D eigenvalue weighted by atomic mass is 16.5. The molecule has 0 aliphatic rings. The van der Waals surface area contributed by atoms with Crippen LogP contribution in [0.1, 0.15) is 23.6 Å². The van der Waals surface area contributed by atoms with Crippen molar-refractivity contribution in [3.05, 3.63) is 53.1 Å². The van der Waals surface area contributed by atoms with Crippen molar-refractivity contribution < 1.29 is 14.3 Å². The van der Waals surface area contributed by atoms with Crippen LogP contribution in [0.4, 0.5) is 10.5 Å². The average Bonchev–Trinajstić information content (AvgIpc) is 2.61. The van der Waals surface area contributed by atoms with Gasteiger partial charge in [0.15, 0.2) is 0 Å². The Labute approximate surface area is 143 Å². The minimum absolute atomic E-state index is 0.284. The Morgan fingerprint density at radius 2 is 1.96 bits per heavy atom. The zero-order valence-electron chi connectivity index (χ0n) is 14.6. The predicted molar refractivity (Wildman–Crippen MR) is 96.0 cm³/mol. The molecule has 0 atom stereocenters. The molecule has 0 saturated carbocycles. The lowest BCUT2D eigenvalue weighted by molar-refractivity contribution is 0.254. The lowest BCUT2D eigenvalue weighted by atomic mass is 10.1. The molecular formula is C19H24N2O3. The van der Waals surface area contributed by atoms with E-state index in [1.807, 2.05) is 25.1 Å². The minimum Gasteiger partial charge on any atom is -0.497 e. The van der Waals surface area contributed by atoms with Crippen LogP contribution in [0.5, 0.6) is 11.5 Å². The molecule has 0 heterocycles. The summed E-state index contributed by atoms with van der Waals surface area (Å²) >= 11 is 0. The van der Waals surface area contributed by atoms with Gasteiger partial charge in [-0.3, -0.25) is 0 Å². The summed E-state index contributed by atoms with van der Waals surface area (Å²) in [5, 5.41) is 5.34. The molecule has 0 fully saturated rings. The molecule has 2 rings (SSSR count). The van der Waals surface area contributed by atoms with Crippen molar-refractivity contribution >= 4 is 11.7 Å². The Morgan fingerprint density at radius 1 is 1.17 bits per heavy atom. The summed E-state index contributed by atoms with van der Waals surface area (Å²) in [5.41, 5.74) is 3.92. The van der Waals surface area contributed by atoms with Crippen molar-refractivity contribution in [3.8, 4) is 11.5 Å². The number of methoxy groups -OCH3 is 1. The molecule has 0 aromatic heterocycles. The van der Waals surface area contributed by atoms with Crippen molar-refractivity contribution in [3.63, 3.8) is 0 Å². The Bertz CT molecular complexity index is 714. The monoisotopic (exact) mass is 328 g/mol. The molecule has 5 heteroatoms. The topological polar surface area (TPSA) is 59.6 Å². The van der Waals surface area contributed by atoms with E-state index in [0.717, 1.165) is 23.3 Å². The average molecular weight is 328 g/mol. The summed E-state index contributed by atoms with van der Waals surface area (Å²) in [5.74, 6) is 1.52. The number of ether oxygens (including phenoxy) is 2. The zero-order chi connectivity index (χ0) is 17.5. The minimum atomic E-state index is -0.284. The maximum Gasteiger partial charge on any atom is 0.318 e. The van der Waals surface area contributed by atoms with Gasteiger partial charge in [0.05, 0.1) is 12.8 Å². The number of aryl methyl sites for hydroxylation is 2. The molecule has 0 unspecified atom stereocenters. The van der Waals surface area contributed by atoms with Gasteiger partial charge in [-0.1, -0.05) is 19.1 Å². The van der Waals surface area contributed by atoms with Gasteiger partial charge in [-0.15, -0.1) is 0 Å². The van der Waals surface area contributed by atoms with Gasteiger partial charge in [0, 0.05) is 18.7 Å². The van der Waals surface area contributed by atoms with Crippen molar-refractivity contribution in [2.75, 3.05) is 19.5 Å². The fourth-order valence-corrected chi connectivity index (χ4v) is 2.36. The highest BCUT2D eigenvalue weighted by Crippen LogP contribution is 2.26. The Kier molecular flexibility index (Phi) is 6.07. The van der Waals surface area contributed by atoms with Crippen LogP contribution >= 0.6 is 0 Å². The van der Waals surface area contributed by atoms with E-state index in [1.54, 1.807) is 20.2 Å². The van der Waals surface area contributed by atoms with Gasteiger partial charge in [-0.25, -0.2) is 4.79 Å². The number of carbonyl (C=O) groups excluding carboxylic acids is 1. The van der Waals surface area contributed by atoms with Crippen LogP contribution in [0.3, 0.4) is 0 Å². The number of anilines is 1. The van der Waals surface area contributed by atoms with E-state index in [0.29, 0.717) is 18.0 Å². The third kappa shape index (κ3) is 4.41. The summed E-state index contributed by atoms with van der Waals surface area (Å²) in [6.07, 6.45) is 1.000. The molecule has 0 spiro atoms. The summed E-state index contributed by atoms with van der Waals surface area (Å²) in [6.45, 7) is 4.52. The third-order valence-electron chi connectivity index (χ3n) is 3.82. The second-order valence-corrected chi connectivity index (χ2v) is 5.47. The number of nitrogens with one attached hydrogen (secondary N) is 2. The van der Waals surface area contributed by atoms with Gasteiger partial charge in [-0.2, -0.15) is 0 Å². The van der Waals surface area contributed by atoms with Crippen molar-refractivity contribution in [2.24, 2.45) is 0 Å². The number of benzene rings is 2. The van der Waals surface area contributed by atoms with Gasteiger partial charge in [0.1, 0.15) is 18.1 Å². The van der Waals surface area contributed by atoms with Crippen molar-refractivity contribution in [1.82, 2.24) is 5.32 Å². The Balaban J connectivity index is 2.18. The Hall–Kier alpha value is -2.69. The molecule has 2 amide bonds. The second kappa shape index (κ2) is 8.24. The van der Waals surface area contributed by atoms with E-state index in [1.165, 1.54) is 5.56 Å². The molecule has 24 heavy (non-hydrogen) atoms. The molecule has 0 aliphatic carbocycles. The lowest BCUT2D eigenvalue weighted by Crippen LogP contribution is -2.25. The summed E-state index contributed by atoms with van der Waals surface area (Å²) in [7, 11) is 3.16. The number of rotatable bonds is 6. The molecule has 0 radical (unpaired) electrons. The van der Waals surface area contributed by atoms with Gasteiger partial charge in [0.2, 0.25) is 0 Å². The normalized spacial score (nSPS) is 10.2. The van der Waals surface area contributed by atoms with E-state index in [4.69, 9.17) is 9.47 Å². The molecule has 2 aromatic rings. The smallest absolute Gasteiger partial charge is 0.318 e. The third-order valence-corrected chi connectivity index (χ3v) is 3.82. The molecule has 128 valence electrons. The first kappa shape index (κ1) is 17.7. The highest BCUT2D eigenvalue weighted by Gasteiger charge is 2.09. The van der Waals surface area contributed by atoms with Crippen LogP contribution < -0.4 is 20.1 Å². The predicted octanol–water partition coefficient (Wildman–Crippen LogP) is 3.90. The van der Waals surface area contributed by atoms with Gasteiger partial charge in [0.25, 0.3) is 0 Å². The van der Waals surface area contributed by atoms with Crippen molar-refractivity contribution in [1.29, 1.82) is 0 Å². The SMILES string of the molecule is CCc1ccc(OCc2ccc(OC)cc2NC(=O)NC)c(C)c1. The maximum absolute atomic E-state index is 11.6. The second-order valence-electron chi connectivity index (χ2n) is 5.47. The van der Waals surface area contributed by atoms with E-state index in [2.05, 4.69) is 29.7 Å². The van der Waals surface area contributed by atoms with E-state index in [9.17, 15) is 4.79 Å². The summed E-state index contributed by atoms with van der Waals surface area (Å²) in [4.78, 5) is 11.6. The van der Waals surface area contributed by atoms with Gasteiger partial charge >= 0.3 is 6.03 Å². The van der Waals surface area contributed by atoms with Crippen LogP contribution in [0, 0.1) is 6.92 Å². The number of hydrogen-bond acceptors (Lipinski definition) is 3. The first-order valence-electron chi connectivity index (χ1n) is 7.95. The summed E-state index contributed by atoms with van der Waals surface area (Å²) in [6, 6.07) is 11.4. The molecule has 0 bridgehead atoms. The molecule has 0 aliphatic heterocycles. The first-order chi connectivity index (χ1) is 11.6.